The van der Waals surface area contributed by atoms with Gasteiger partial charge in [-0.1, -0.05) is 5.16 Å². The van der Waals surface area contributed by atoms with Crippen LogP contribution in [0.2, 0.25) is 0 Å². The number of carbonyl (C=O) groups excluding carboxylic acids is 1. The Morgan fingerprint density at radius 3 is 2.75 bits per heavy atom. The van der Waals surface area contributed by atoms with Gasteiger partial charge in [-0.15, -0.1) is 0 Å². The standard InChI is InChI=1S/C18H22N2O4/c1-13-10-17(24-19-13)18(21)20-9-3-4-14(11-20)12-23-16-7-5-15(22-2)6-8-16/h5-8,10,14H,3-4,9,11-12H2,1-2H3. The molecule has 0 bridgehead atoms. The van der Waals surface area contributed by atoms with E-state index >= 15 is 0 Å². The van der Waals surface area contributed by atoms with Crippen LogP contribution >= 0.6 is 0 Å². The maximum absolute atomic E-state index is 12.4. The van der Waals surface area contributed by atoms with Gasteiger partial charge < -0.3 is 18.9 Å². The highest BCUT2D eigenvalue weighted by Gasteiger charge is 2.27. The Morgan fingerprint density at radius 2 is 2.08 bits per heavy atom. The lowest BCUT2D eigenvalue weighted by Crippen LogP contribution is -2.41. The van der Waals surface area contributed by atoms with E-state index in [0.717, 1.165) is 36.6 Å². The van der Waals surface area contributed by atoms with Crippen molar-refractivity contribution in [3.63, 3.8) is 0 Å². The molecule has 1 aliphatic rings. The zero-order chi connectivity index (χ0) is 16.9. The second kappa shape index (κ2) is 7.38. The van der Waals surface area contributed by atoms with Gasteiger partial charge in [-0.05, 0) is 44.0 Å². The smallest absolute Gasteiger partial charge is 0.292 e. The molecule has 1 aromatic heterocycles. The minimum atomic E-state index is -0.0928. The Kier molecular flexibility index (Phi) is 5.03. The molecule has 0 aliphatic carbocycles. The zero-order valence-corrected chi connectivity index (χ0v) is 14.0. The van der Waals surface area contributed by atoms with Crippen molar-refractivity contribution in [3.05, 3.63) is 41.8 Å². The fourth-order valence-corrected chi connectivity index (χ4v) is 2.89. The van der Waals surface area contributed by atoms with Gasteiger partial charge in [0.15, 0.2) is 0 Å². The molecular formula is C18H22N2O4. The number of benzene rings is 1. The van der Waals surface area contributed by atoms with Gasteiger partial charge in [0, 0.05) is 25.1 Å². The molecule has 0 saturated carbocycles. The average molecular weight is 330 g/mol. The van der Waals surface area contributed by atoms with Crippen LogP contribution in [0.1, 0.15) is 29.1 Å². The second-order valence-electron chi connectivity index (χ2n) is 6.08. The fraction of sp³-hybridized carbons (Fsp3) is 0.444. The minimum Gasteiger partial charge on any atom is -0.497 e. The van der Waals surface area contributed by atoms with Crippen molar-refractivity contribution >= 4 is 5.91 Å². The number of carbonyl (C=O) groups is 1. The van der Waals surface area contributed by atoms with Gasteiger partial charge in [0.1, 0.15) is 11.5 Å². The Bertz CT molecular complexity index is 681. The van der Waals surface area contributed by atoms with Gasteiger partial charge in [-0.25, -0.2) is 0 Å². The van der Waals surface area contributed by atoms with E-state index in [2.05, 4.69) is 5.16 Å². The first-order valence-corrected chi connectivity index (χ1v) is 8.15. The van der Waals surface area contributed by atoms with Gasteiger partial charge in [0.25, 0.3) is 5.91 Å². The first kappa shape index (κ1) is 16.4. The van der Waals surface area contributed by atoms with Crippen LogP contribution in [0.3, 0.4) is 0 Å². The number of nitrogens with zero attached hydrogens (tertiary/aromatic N) is 2. The molecule has 6 heteroatoms. The van der Waals surface area contributed by atoms with Crippen LogP contribution < -0.4 is 9.47 Å². The number of hydrogen-bond donors (Lipinski definition) is 0. The number of rotatable bonds is 5. The molecule has 1 aliphatic heterocycles. The Balaban J connectivity index is 1.54. The highest BCUT2D eigenvalue weighted by molar-refractivity contribution is 5.91. The summed E-state index contributed by atoms with van der Waals surface area (Å²) in [5, 5.41) is 3.78. The molecule has 1 atom stereocenters. The number of aromatic nitrogens is 1. The van der Waals surface area contributed by atoms with Crippen LogP contribution in [-0.4, -0.2) is 42.8 Å². The van der Waals surface area contributed by atoms with Gasteiger partial charge >= 0.3 is 0 Å². The number of amides is 1. The lowest BCUT2D eigenvalue weighted by molar-refractivity contribution is 0.0593. The zero-order valence-electron chi connectivity index (χ0n) is 14.0. The predicted octanol–water partition coefficient (Wildman–Crippen LogP) is 2.92. The first-order chi connectivity index (χ1) is 11.7. The Hall–Kier alpha value is -2.50. The Labute approximate surface area is 141 Å². The summed E-state index contributed by atoms with van der Waals surface area (Å²) in [6.45, 7) is 3.82. The first-order valence-electron chi connectivity index (χ1n) is 8.15. The highest BCUT2D eigenvalue weighted by atomic mass is 16.5. The van der Waals surface area contributed by atoms with Gasteiger partial charge in [0.2, 0.25) is 5.76 Å². The summed E-state index contributed by atoms with van der Waals surface area (Å²) in [7, 11) is 1.64. The number of ether oxygens (including phenoxy) is 2. The third kappa shape index (κ3) is 3.88. The topological polar surface area (TPSA) is 64.8 Å². The second-order valence-corrected chi connectivity index (χ2v) is 6.08. The van der Waals surface area contributed by atoms with Crippen LogP contribution in [0.15, 0.2) is 34.9 Å². The van der Waals surface area contributed by atoms with Crippen molar-refractivity contribution in [1.29, 1.82) is 0 Å². The molecule has 128 valence electrons. The van der Waals surface area contributed by atoms with Crippen molar-refractivity contribution in [2.75, 3.05) is 26.8 Å². The van der Waals surface area contributed by atoms with Crippen molar-refractivity contribution in [2.24, 2.45) is 5.92 Å². The molecule has 1 fully saturated rings. The molecular weight excluding hydrogens is 308 g/mol. The summed E-state index contributed by atoms with van der Waals surface area (Å²) in [6, 6.07) is 9.21. The summed E-state index contributed by atoms with van der Waals surface area (Å²) >= 11 is 0. The summed E-state index contributed by atoms with van der Waals surface area (Å²) in [4.78, 5) is 14.3. The summed E-state index contributed by atoms with van der Waals surface area (Å²) in [5.74, 6) is 2.15. The maximum Gasteiger partial charge on any atom is 0.292 e. The molecule has 24 heavy (non-hydrogen) atoms. The highest BCUT2D eigenvalue weighted by Crippen LogP contribution is 2.22. The fourth-order valence-electron chi connectivity index (χ4n) is 2.89. The molecule has 2 aromatic rings. The van der Waals surface area contributed by atoms with E-state index in [1.807, 2.05) is 36.1 Å². The SMILES string of the molecule is COc1ccc(OCC2CCCN(C(=O)c3cc(C)no3)C2)cc1. The maximum atomic E-state index is 12.4. The number of likely N-dealkylation sites (tertiary alicyclic amines) is 1. The van der Waals surface area contributed by atoms with E-state index in [9.17, 15) is 4.79 Å². The van der Waals surface area contributed by atoms with Gasteiger partial charge in [-0.3, -0.25) is 4.79 Å². The lowest BCUT2D eigenvalue weighted by Gasteiger charge is -2.32. The van der Waals surface area contributed by atoms with Crippen LogP contribution in [0.25, 0.3) is 0 Å². The molecule has 1 amide bonds. The quantitative estimate of drug-likeness (QED) is 0.843. The molecule has 3 rings (SSSR count). The van der Waals surface area contributed by atoms with Gasteiger partial charge in [-0.2, -0.15) is 0 Å². The number of piperidine rings is 1. The molecule has 1 aromatic carbocycles. The van der Waals surface area contributed by atoms with Crippen molar-refractivity contribution in [2.45, 2.75) is 19.8 Å². The van der Waals surface area contributed by atoms with Crippen LogP contribution in [0, 0.1) is 12.8 Å². The molecule has 2 heterocycles. The van der Waals surface area contributed by atoms with Crippen LogP contribution in [0.4, 0.5) is 0 Å². The summed E-state index contributed by atoms with van der Waals surface area (Å²) < 4.78 is 16.1. The van der Waals surface area contributed by atoms with Crippen LogP contribution in [0.5, 0.6) is 11.5 Å². The van der Waals surface area contributed by atoms with Gasteiger partial charge in [0.05, 0.1) is 19.4 Å². The molecule has 1 saturated heterocycles. The molecule has 0 N–H and O–H groups in total. The minimum absolute atomic E-state index is 0.0928. The van der Waals surface area contributed by atoms with E-state index in [1.54, 1.807) is 13.2 Å². The van der Waals surface area contributed by atoms with E-state index in [-0.39, 0.29) is 5.91 Å². The normalized spacial score (nSPS) is 17.6. The molecule has 0 radical (unpaired) electrons. The van der Waals surface area contributed by atoms with Crippen molar-refractivity contribution in [1.82, 2.24) is 10.1 Å². The third-order valence-electron chi connectivity index (χ3n) is 4.19. The number of aryl methyl sites for hydroxylation is 1. The number of methoxy groups -OCH3 is 1. The van der Waals surface area contributed by atoms with E-state index in [1.165, 1.54) is 0 Å². The number of hydrogen-bond acceptors (Lipinski definition) is 5. The summed E-state index contributed by atoms with van der Waals surface area (Å²) in [5.41, 5.74) is 0.717. The van der Waals surface area contributed by atoms with Crippen LogP contribution in [-0.2, 0) is 0 Å². The van der Waals surface area contributed by atoms with E-state index in [0.29, 0.717) is 24.8 Å². The average Bonchev–Trinajstić information content (AvgIpc) is 3.06. The molecule has 6 nitrogen and oxygen atoms in total. The predicted molar refractivity (Wildman–Crippen MR) is 88.4 cm³/mol. The summed E-state index contributed by atoms with van der Waals surface area (Å²) in [6.07, 6.45) is 2.02. The molecule has 1 unspecified atom stereocenters. The van der Waals surface area contributed by atoms with Crippen molar-refractivity contribution in [3.8, 4) is 11.5 Å². The van der Waals surface area contributed by atoms with E-state index in [4.69, 9.17) is 14.0 Å². The monoisotopic (exact) mass is 330 g/mol. The third-order valence-corrected chi connectivity index (χ3v) is 4.19. The van der Waals surface area contributed by atoms with E-state index < -0.39 is 0 Å². The largest absolute Gasteiger partial charge is 0.497 e. The Morgan fingerprint density at radius 1 is 1.33 bits per heavy atom. The lowest BCUT2D eigenvalue weighted by atomic mass is 9.98. The van der Waals surface area contributed by atoms with Crippen molar-refractivity contribution < 1.29 is 18.8 Å². The molecule has 0 spiro atoms.